The van der Waals surface area contributed by atoms with Crippen LogP contribution in [-0.4, -0.2) is 23.1 Å². The Balaban J connectivity index is 1.49. The number of halogens is 1. The molecule has 0 saturated heterocycles. The highest BCUT2D eigenvalue weighted by Crippen LogP contribution is 2.30. The van der Waals surface area contributed by atoms with E-state index < -0.39 is 0 Å². The molecule has 2 aromatic carbocycles. The van der Waals surface area contributed by atoms with E-state index in [1.807, 2.05) is 49.2 Å². The van der Waals surface area contributed by atoms with Gasteiger partial charge in [0.25, 0.3) is 0 Å². The average Bonchev–Trinajstić information content (AvgIpc) is 3.29. The lowest BCUT2D eigenvalue weighted by atomic mass is 9.92. The minimum atomic E-state index is -0.250. The van der Waals surface area contributed by atoms with Crippen LogP contribution in [0.15, 0.2) is 76.9 Å². The van der Waals surface area contributed by atoms with Gasteiger partial charge in [-0.25, -0.2) is 4.39 Å². The van der Waals surface area contributed by atoms with Crippen molar-refractivity contribution in [2.75, 3.05) is 12.3 Å². The standard InChI is InChI=1S/C24H23FN2OS/c1-2-21(23-15-18(10-11-26-23)24-27-12-13-29-24)17-7-5-8-20(14-17)28-16-19-6-3-4-9-22(19)25/h2-11,14,18H,12-13,15-16H2,1H3/b21-2+. The fraction of sp³-hybridized carbons (Fsp3) is 0.250. The molecule has 1 unspecified atom stereocenters. The SMILES string of the molecule is C/C=C(/C1=NC=CC(C2=NCCS2)C1)c1cccc(OCc2ccccc2F)c1. The molecule has 148 valence electrons. The second-order valence-corrected chi connectivity index (χ2v) is 8.02. The van der Waals surface area contributed by atoms with E-state index in [1.54, 1.807) is 12.1 Å². The number of thioether (sulfide) groups is 1. The Morgan fingerprint density at radius 3 is 2.93 bits per heavy atom. The molecule has 4 rings (SSSR count). The number of hydrogen-bond donors (Lipinski definition) is 0. The average molecular weight is 407 g/mol. The molecule has 2 aliphatic heterocycles. The molecule has 2 aromatic rings. The van der Waals surface area contributed by atoms with E-state index in [2.05, 4.69) is 28.2 Å². The van der Waals surface area contributed by atoms with Gasteiger partial charge in [0, 0.05) is 42.1 Å². The summed E-state index contributed by atoms with van der Waals surface area (Å²) in [5.74, 6) is 1.85. The molecule has 0 aliphatic carbocycles. The maximum atomic E-state index is 13.8. The van der Waals surface area contributed by atoms with Crippen molar-refractivity contribution in [1.29, 1.82) is 0 Å². The second kappa shape index (κ2) is 9.23. The summed E-state index contributed by atoms with van der Waals surface area (Å²) < 4.78 is 19.7. The van der Waals surface area contributed by atoms with Crippen molar-refractivity contribution in [3.05, 3.63) is 83.8 Å². The summed E-state index contributed by atoms with van der Waals surface area (Å²) in [7, 11) is 0. The molecule has 0 aromatic heterocycles. The van der Waals surface area contributed by atoms with Gasteiger partial charge in [-0.2, -0.15) is 0 Å². The number of ether oxygens (including phenoxy) is 1. The van der Waals surface area contributed by atoms with Gasteiger partial charge < -0.3 is 4.74 Å². The Morgan fingerprint density at radius 1 is 1.24 bits per heavy atom. The first-order valence-electron chi connectivity index (χ1n) is 9.78. The van der Waals surface area contributed by atoms with E-state index in [0.29, 0.717) is 17.2 Å². The van der Waals surface area contributed by atoms with Gasteiger partial charge in [0.2, 0.25) is 0 Å². The third-order valence-corrected chi connectivity index (χ3v) is 6.10. The maximum absolute atomic E-state index is 13.8. The fourth-order valence-corrected chi connectivity index (χ4v) is 4.47. The summed E-state index contributed by atoms with van der Waals surface area (Å²) in [6, 6.07) is 14.6. The quantitative estimate of drug-likeness (QED) is 0.596. The Hall–Kier alpha value is -2.66. The summed E-state index contributed by atoms with van der Waals surface area (Å²) in [4.78, 5) is 9.28. The highest BCUT2D eigenvalue weighted by atomic mass is 32.2. The Morgan fingerprint density at radius 2 is 2.14 bits per heavy atom. The predicted molar refractivity (Wildman–Crippen MR) is 120 cm³/mol. The Labute approximate surface area is 175 Å². The molecule has 0 fully saturated rings. The zero-order valence-electron chi connectivity index (χ0n) is 16.3. The highest BCUT2D eigenvalue weighted by molar-refractivity contribution is 8.14. The first-order chi connectivity index (χ1) is 14.2. The van der Waals surface area contributed by atoms with Gasteiger partial charge in [-0.3, -0.25) is 9.98 Å². The van der Waals surface area contributed by atoms with Crippen LogP contribution in [0.2, 0.25) is 0 Å². The maximum Gasteiger partial charge on any atom is 0.129 e. The van der Waals surface area contributed by atoms with Crippen LogP contribution in [0, 0.1) is 11.7 Å². The van der Waals surface area contributed by atoms with Crippen molar-refractivity contribution in [1.82, 2.24) is 0 Å². The van der Waals surface area contributed by atoms with E-state index >= 15 is 0 Å². The normalized spacial score (nSPS) is 19.1. The predicted octanol–water partition coefficient (Wildman–Crippen LogP) is 5.93. The number of aliphatic imine (C=N–C) groups is 2. The number of benzene rings is 2. The second-order valence-electron chi connectivity index (χ2n) is 6.91. The van der Waals surface area contributed by atoms with Crippen LogP contribution in [0.4, 0.5) is 4.39 Å². The van der Waals surface area contributed by atoms with Crippen LogP contribution >= 0.6 is 11.8 Å². The summed E-state index contributed by atoms with van der Waals surface area (Å²) in [6.07, 6.45) is 6.98. The molecule has 2 aliphatic rings. The molecule has 29 heavy (non-hydrogen) atoms. The van der Waals surface area contributed by atoms with Gasteiger partial charge >= 0.3 is 0 Å². The molecule has 0 saturated carbocycles. The van der Waals surface area contributed by atoms with Crippen LogP contribution in [0.5, 0.6) is 5.75 Å². The van der Waals surface area contributed by atoms with Crippen LogP contribution in [0.1, 0.15) is 24.5 Å². The van der Waals surface area contributed by atoms with Crippen molar-refractivity contribution >= 4 is 28.1 Å². The molecule has 3 nitrogen and oxygen atoms in total. The van der Waals surface area contributed by atoms with Crippen LogP contribution in [0.3, 0.4) is 0 Å². The van der Waals surface area contributed by atoms with Crippen molar-refractivity contribution in [2.24, 2.45) is 15.9 Å². The Bertz CT molecular complexity index is 1010. The number of nitrogens with zero attached hydrogens (tertiary/aromatic N) is 2. The smallest absolute Gasteiger partial charge is 0.129 e. The van der Waals surface area contributed by atoms with Crippen LogP contribution < -0.4 is 4.74 Å². The van der Waals surface area contributed by atoms with Gasteiger partial charge in [-0.1, -0.05) is 42.5 Å². The molecule has 5 heteroatoms. The lowest BCUT2D eigenvalue weighted by Gasteiger charge is -2.20. The monoisotopic (exact) mass is 406 g/mol. The first kappa shape index (κ1) is 19.6. The molecule has 0 amide bonds. The third-order valence-electron chi connectivity index (χ3n) is 4.98. The largest absolute Gasteiger partial charge is 0.489 e. The van der Waals surface area contributed by atoms with Crippen molar-refractivity contribution in [2.45, 2.75) is 20.0 Å². The zero-order chi connectivity index (χ0) is 20.1. The molecule has 0 spiro atoms. The van der Waals surface area contributed by atoms with Gasteiger partial charge in [0.1, 0.15) is 18.2 Å². The van der Waals surface area contributed by atoms with Crippen molar-refractivity contribution in [3.63, 3.8) is 0 Å². The zero-order valence-corrected chi connectivity index (χ0v) is 17.2. The van der Waals surface area contributed by atoms with Gasteiger partial charge in [0.15, 0.2) is 0 Å². The first-order valence-corrected chi connectivity index (χ1v) is 10.8. The minimum absolute atomic E-state index is 0.199. The van der Waals surface area contributed by atoms with E-state index in [4.69, 9.17) is 4.74 Å². The summed E-state index contributed by atoms with van der Waals surface area (Å²) >= 11 is 1.85. The van der Waals surface area contributed by atoms with Gasteiger partial charge in [-0.15, -0.1) is 11.8 Å². The highest BCUT2D eigenvalue weighted by Gasteiger charge is 2.23. The summed E-state index contributed by atoms with van der Waals surface area (Å²) in [5, 5.41) is 1.21. The molecule has 0 N–H and O–H groups in total. The van der Waals surface area contributed by atoms with E-state index in [-0.39, 0.29) is 12.4 Å². The molecular weight excluding hydrogens is 383 g/mol. The van der Waals surface area contributed by atoms with Gasteiger partial charge in [-0.05, 0) is 36.3 Å². The lowest BCUT2D eigenvalue weighted by molar-refractivity contribution is 0.300. The minimum Gasteiger partial charge on any atom is -0.489 e. The lowest BCUT2D eigenvalue weighted by Crippen LogP contribution is -2.17. The number of rotatable bonds is 6. The van der Waals surface area contributed by atoms with Crippen molar-refractivity contribution < 1.29 is 9.13 Å². The molecule has 2 heterocycles. The van der Waals surface area contributed by atoms with E-state index in [0.717, 1.165) is 35.6 Å². The third kappa shape index (κ3) is 4.67. The van der Waals surface area contributed by atoms with Crippen molar-refractivity contribution in [3.8, 4) is 5.75 Å². The summed E-state index contributed by atoms with van der Waals surface area (Å²) in [6.45, 7) is 3.14. The van der Waals surface area contributed by atoms with Crippen LogP contribution in [-0.2, 0) is 6.61 Å². The van der Waals surface area contributed by atoms with Crippen LogP contribution in [0.25, 0.3) is 5.57 Å². The summed E-state index contributed by atoms with van der Waals surface area (Å²) in [5.41, 5.74) is 3.75. The molecular formula is C24H23FN2OS. The number of hydrogen-bond acceptors (Lipinski definition) is 4. The van der Waals surface area contributed by atoms with E-state index in [1.165, 1.54) is 11.1 Å². The molecule has 0 radical (unpaired) electrons. The van der Waals surface area contributed by atoms with E-state index in [9.17, 15) is 4.39 Å². The fourth-order valence-electron chi connectivity index (χ4n) is 3.52. The van der Waals surface area contributed by atoms with Gasteiger partial charge in [0.05, 0.1) is 5.04 Å². The topological polar surface area (TPSA) is 34.0 Å². The number of allylic oxidation sites excluding steroid dienone is 3. The molecule has 0 bridgehead atoms. The molecule has 1 atom stereocenters. The Kier molecular flexibility index (Phi) is 6.25.